The van der Waals surface area contributed by atoms with Gasteiger partial charge >= 0.3 is 6.09 Å². The maximum absolute atomic E-state index is 13.2. The highest BCUT2D eigenvalue weighted by molar-refractivity contribution is 7.15. The summed E-state index contributed by atoms with van der Waals surface area (Å²) in [7, 11) is 0. The molecule has 3 aromatic rings. The minimum atomic E-state index is -0.655. The van der Waals surface area contributed by atoms with Gasteiger partial charge in [-0.3, -0.25) is 18.9 Å². The Hall–Kier alpha value is -3.24. The molecule has 1 aliphatic rings. The van der Waals surface area contributed by atoms with Crippen molar-refractivity contribution >= 4 is 28.3 Å². The number of rotatable bonds is 7. The first-order valence-electron chi connectivity index (χ1n) is 11.3. The van der Waals surface area contributed by atoms with Gasteiger partial charge in [0.2, 0.25) is 5.91 Å². The minimum Gasteiger partial charge on any atom is -0.445 e. The number of amides is 2. The van der Waals surface area contributed by atoms with Gasteiger partial charge in [0.25, 0.3) is 5.56 Å². The molecule has 2 aromatic heterocycles. The first-order valence-corrected chi connectivity index (χ1v) is 12.2. The molecule has 0 unspecified atom stereocenters. The van der Waals surface area contributed by atoms with Gasteiger partial charge in [-0.25, -0.2) is 9.78 Å². The third-order valence-corrected chi connectivity index (χ3v) is 6.60. The van der Waals surface area contributed by atoms with Crippen LogP contribution in [-0.4, -0.2) is 63.4 Å². The second-order valence-electron chi connectivity index (χ2n) is 8.67. The fourth-order valence-corrected chi connectivity index (χ4v) is 4.66. The lowest BCUT2D eigenvalue weighted by atomic mass is 10.0. The quantitative estimate of drug-likeness (QED) is 0.554. The van der Waals surface area contributed by atoms with Crippen LogP contribution in [0.3, 0.4) is 0 Å². The number of carbonyl (C=O) groups excluding carboxylic acids is 2. The molecule has 180 valence electrons. The Morgan fingerprint density at radius 1 is 1.15 bits per heavy atom. The number of fused-ring (bicyclic) bond motifs is 1. The molecule has 0 aliphatic carbocycles. The molecule has 1 aliphatic heterocycles. The van der Waals surface area contributed by atoms with Crippen LogP contribution < -0.4 is 10.9 Å². The molecule has 2 amide bonds. The van der Waals surface area contributed by atoms with Gasteiger partial charge in [-0.05, 0) is 11.5 Å². The van der Waals surface area contributed by atoms with E-state index in [0.29, 0.717) is 37.7 Å². The number of hydrogen-bond acceptors (Lipinski definition) is 7. The van der Waals surface area contributed by atoms with Crippen molar-refractivity contribution in [3.63, 3.8) is 0 Å². The summed E-state index contributed by atoms with van der Waals surface area (Å²) in [5, 5.41) is 4.59. The van der Waals surface area contributed by atoms with E-state index in [9.17, 15) is 14.4 Å². The molecular formula is C24H29N5O4S. The van der Waals surface area contributed by atoms with Crippen molar-refractivity contribution in [3.8, 4) is 0 Å². The highest BCUT2D eigenvalue weighted by Gasteiger charge is 2.31. The molecule has 0 radical (unpaired) electrons. The number of benzene rings is 1. The number of nitrogens with one attached hydrogen (secondary N) is 1. The molecule has 0 spiro atoms. The minimum absolute atomic E-state index is 0.0792. The van der Waals surface area contributed by atoms with Crippen LogP contribution in [0, 0.1) is 5.92 Å². The van der Waals surface area contributed by atoms with Crippen LogP contribution in [0.5, 0.6) is 0 Å². The number of thiazole rings is 1. The van der Waals surface area contributed by atoms with Crippen molar-refractivity contribution < 1.29 is 14.3 Å². The Kier molecular flexibility index (Phi) is 7.59. The van der Waals surface area contributed by atoms with Crippen molar-refractivity contribution in [2.45, 2.75) is 33.0 Å². The summed E-state index contributed by atoms with van der Waals surface area (Å²) in [6, 6.07) is 10.3. The van der Waals surface area contributed by atoms with E-state index in [1.54, 1.807) is 17.2 Å². The van der Waals surface area contributed by atoms with Crippen molar-refractivity contribution in [1.82, 2.24) is 24.5 Å². The second-order valence-corrected chi connectivity index (χ2v) is 9.54. The largest absolute Gasteiger partial charge is 0.445 e. The van der Waals surface area contributed by atoms with E-state index in [0.717, 1.165) is 11.3 Å². The molecule has 4 rings (SSSR count). The normalized spacial score (nSPS) is 15.4. The standard InChI is InChI=1S/C24H29N5O4S/c1-17(2)21(26-24(32)33-16-18-6-4-3-5-7-18)22(31)28-10-8-27(9-11-28)15-19-14-20(30)29-12-13-34-23(29)25-19/h3-7,12-14,17,21H,8-11,15-16H2,1-2H3,(H,26,32)/t21-/m0/s1. The van der Waals surface area contributed by atoms with Crippen molar-refractivity contribution in [2.24, 2.45) is 5.92 Å². The predicted molar refractivity (Wildman–Crippen MR) is 130 cm³/mol. The van der Waals surface area contributed by atoms with Gasteiger partial charge < -0.3 is 15.0 Å². The molecular weight excluding hydrogens is 454 g/mol. The van der Waals surface area contributed by atoms with Crippen molar-refractivity contribution in [1.29, 1.82) is 0 Å². The van der Waals surface area contributed by atoms with Crippen LogP contribution in [0.2, 0.25) is 0 Å². The molecule has 0 bridgehead atoms. The third kappa shape index (κ3) is 5.81. The molecule has 10 heteroatoms. The summed E-state index contributed by atoms with van der Waals surface area (Å²) in [6.45, 7) is 6.94. The number of aromatic nitrogens is 2. The van der Waals surface area contributed by atoms with Crippen LogP contribution in [-0.2, 0) is 22.7 Å². The van der Waals surface area contributed by atoms with Gasteiger partial charge in [0.1, 0.15) is 12.6 Å². The number of hydrogen-bond donors (Lipinski definition) is 1. The number of carbonyl (C=O) groups is 2. The summed E-state index contributed by atoms with van der Waals surface area (Å²) in [6.07, 6.45) is 1.12. The van der Waals surface area contributed by atoms with Crippen LogP contribution in [0.25, 0.3) is 4.96 Å². The van der Waals surface area contributed by atoms with E-state index >= 15 is 0 Å². The van der Waals surface area contributed by atoms with Crippen LogP contribution in [0.15, 0.2) is 52.8 Å². The van der Waals surface area contributed by atoms with E-state index in [-0.39, 0.29) is 24.0 Å². The van der Waals surface area contributed by atoms with Crippen molar-refractivity contribution in [3.05, 3.63) is 69.6 Å². The summed E-state index contributed by atoms with van der Waals surface area (Å²) in [4.78, 5) is 46.9. The first-order chi connectivity index (χ1) is 16.4. The average Bonchev–Trinajstić information content (AvgIpc) is 3.31. The topological polar surface area (TPSA) is 96.2 Å². The smallest absolute Gasteiger partial charge is 0.408 e. The second kappa shape index (κ2) is 10.8. The SMILES string of the molecule is CC(C)[C@H](NC(=O)OCc1ccccc1)C(=O)N1CCN(Cc2cc(=O)n3ccsc3n2)CC1. The molecule has 3 heterocycles. The lowest BCUT2D eigenvalue weighted by Gasteiger charge is -2.37. The van der Waals surface area contributed by atoms with Gasteiger partial charge in [0.05, 0.1) is 5.69 Å². The zero-order valence-corrected chi connectivity index (χ0v) is 20.2. The van der Waals surface area contributed by atoms with Gasteiger partial charge in [-0.15, -0.1) is 11.3 Å². The third-order valence-electron chi connectivity index (χ3n) is 5.84. The number of alkyl carbamates (subject to hydrolysis) is 1. The summed E-state index contributed by atoms with van der Waals surface area (Å²) >= 11 is 1.43. The number of piperazine rings is 1. The van der Waals surface area contributed by atoms with Crippen LogP contribution >= 0.6 is 11.3 Å². The Bertz CT molecular complexity index is 1180. The van der Waals surface area contributed by atoms with E-state index in [1.165, 1.54) is 15.7 Å². The fourth-order valence-electron chi connectivity index (χ4n) is 3.93. The zero-order chi connectivity index (χ0) is 24.1. The first kappa shape index (κ1) is 23.9. The Morgan fingerprint density at radius 3 is 2.59 bits per heavy atom. The maximum Gasteiger partial charge on any atom is 0.408 e. The van der Waals surface area contributed by atoms with Gasteiger partial charge in [0, 0.05) is 50.4 Å². The molecule has 0 saturated carbocycles. The molecule has 1 N–H and O–H groups in total. The van der Waals surface area contributed by atoms with E-state index in [1.807, 2.05) is 49.6 Å². The molecule has 1 aromatic carbocycles. The van der Waals surface area contributed by atoms with Crippen LogP contribution in [0.1, 0.15) is 25.1 Å². The highest BCUT2D eigenvalue weighted by atomic mass is 32.1. The highest BCUT2D eigenvalue weighted by Crippen LogP contribution is 2.13. The molecule has 1 saturated heterocycles. The molecule has 9 nitrogen and oxygen atoms in total. The zero-order valence-electron chi connectivity index (χ0n) is 19.3. The maximum atomic E-state index is 13.2. The Balaban J connectivity index is 1.29. The average molecular weight is 484 g/mol. The predicted octanol–water partition coefficient (Wildman–Crippen LogP) is 2.35. The molecule has 1 fully saturated rings. The fraction of sp³-hybridized carbons (Fsp3) is 0.417. The number of nitrogens with zero attached hydrogens (tertiary/aromatic N) is 4. The van der Waals surface area contributed by atoms with Gasteiger partial charge in [0.15, 0.2) is 4.96 Å². The summed E-state index contributed by atoms with van der Waals surface area (Å²) < 4.78 is 6.84. The van der Waals surface area contributed by atoms with E-state index < -0.39 is 12.1 Å². The molecule has 1 atom stereocenters. The van der Waals surface area contributed by atoms with Gasteiger partial charge in [-0.1, -0.05) is 44.2 Å². The summed E-state index contributed by atoms with van der Waals surface area (Å²) in [5.74, 6) is -0.188. The van der Waals surface area contributed by atoms with E-state index in [2.05, 4.69) is 15.2 Å². The summed E-state index contributed by atoms with van der Waals surface area (Å²) in [5.41, 5.74) is 1.53. The lowest BCUT2D eigenvalue weighted by molar-refractivity contribution is -0.136. The monoisotopic (exact) mass is 483 g/mol. The van der Waals surface area contributed by atoms with E-state index in [4.69, 9.17) is 4.74 Å². The Morgan fingerprint density at radius 2 is 1.88 bits per heavy atom. The Labute approximate surface area is 202 Å². The van der Waals surface area contributed by atoms with Crippen LogP contribution in [0.4, 0.5) is 4.79 Å². The molecule has 34 heavy (non-hydrogen) atoms. The number of ether oxygens (including phenoxy) is 1. The van der Waals surface area contributed by atoms with Gasteiger partial charge in [-0.2, -0.15) is 0 Å². The van der Waals surface area contributed by atoms with Crippen molar-refractivity contribution in [2.75, 3.05) is 26.2 Å². The lowest BCUT2D eigenvalue weighted by Crippen LogP contribution is -2.56.